The highest BCUT2D eigenvalue weighted by atomic mass is 35.5. The van der Waals surface area contributed by atoms with E-state index in [-0.39, 0.29) is 21.6 Å². The molecule has 0 spiro atoms. The van der Waals surface area contributed by atoms with Crippen LogP contribution in [-0.4, -0.2) is 36.9 Å². The molecule has 0 aromatic carbocycles. The van der Waals surface area contributed by atoms with E-state index in [4.69, 9.17) is 28.3 Å². The Bertz CT molecular complexity index is 621. The van der Waals surface area contributed by atoms with E-state index in [1.807, 2.05) is 0 Å². The molecule has 1 aromatic heterocycles. The van der Waals surface area contributed by atoms with Crippen LogP contribution in [0.5, 0.6) is 0 Å². The van der Waals surface area contributed by atoms with Crippen molar-refractivity contribution >= 4 is 50.5 Å². The van der Waals surface area contributed by atoms with Gasteiger partial charge in [0.25, 0.3) is 0 Å². The molecule has 0 bridgehead atoms. The average Bonchev–Trinajstić information content (AvgIpc) is 2.76. The fourth-order valence-electron chi connectivity index (χ4n) is 2.41. The van der Waals surface area contributed by atoms with Gasteiger partial charge in [-0.1, -0.05) is 23.2 Å². The van der Waals surface area contributed by atoms with Crippen molar-refractivity contribution in [1.29, 1.82) is 0 Å². The van der Waals surface area contributed by atoms with Gasteiger partial charge in [0.05, 0.1) is 4.34 Å². The molecule has 1 fully saturated rings. The van der Waals surface area contributed by atoms with Crippen LogP contribution in [0.15, 0.2) is 11.0 Å². The predicted molar refractivity (Wildman–Crippen MR) is 82.7 cm³/mol. The minimum atomic E-state index is -3.62. The maximum absolute atomic E-state index is 12.5. The third kappa shape index (κ3) is 4.10. The topological polar surface area (TPSA) is 74.7 Å². The number of sulfonamides is 1. The summed E-state index contributed by atoms with van der Waals surface area (Å²) in [5.41, 5.74) is 0. The molecule has 2 heterocycles. The molecule has 2 rings (SSSR count). The van der Waals surface area contributed by atoms with E-state index in [2.05, 4.69) is 0 Å². The Morgan fingerprint density at radius 2 is 2.00 bits per heavy atom. The zero-order valence-electron chi connectivity index (χ0n) is 11.1. The normalized spacial score (nSPS) is 18.0. The Morgan fingerprint density at radius 3 is 2.48 bits per heavy atom. The van der Waals surface area contributed by atoms with Gasteiger partial charge in [0.1, 0.15) is 9.23 Å². The Kier molecular flexibility index (Phi) is 5.54. The second kappa shape index (κ2) is 6.83. The van der Waals surface area contributed by atoms with Crippen LogP contribution in [0.4, 0.5) is 0 Å². The highest BCUT2D eigenvalue weighted by molar-refractivity contribution is 7.89. The van der Waals surface area contributed by atoms with Crippen molar-refractivity contribution in [2.45, 2.75) is 30.6 Å². The van der Waals surface area contributed by atoms with Gasteiger partial charge in [-0.2, -0.15) is 4.31 Å². The van der Waals surface area contributed by atoms with Crippen LogP contribution >= 0.6 is 34.5 Å². The molecule has 0 atom stereocenters. The second-order valence-electron chi connectivity index (χ2n) is 4.97. The minimum absolute atomic E-state index is 0.0585. The van der Waals surface area contributed by atoms with E-state index in [9.17, 15) is 13.2 Å². The molecule has 0 saturated carbocycles. The third-order valence-corrected chi connectivity index (χ3v) is 7.23. The predicted octanol–water partition coefficient (Wildman–Crippen LogP) is 3.32. The lowest BCUT2D eigenvalue weighted by atomic mass is 9.93. The minimum Gasteiger partial charge on any atom is -0.481 e. The van der Waals surface area contributed by atoms with Crippen molar-refractivity contribution in [1.82, 2.24) is 4.31 Å². The Labute approximate surface area is 137 Å². The van der Waals surface area contributed by atoms with Gasteiger partial charge < -0.3 is 5.11 Å². The lowest BCUT2D eigenvalue weighted by Crippen LogP contribution is -2.38. The molecule has 1 saturated heterocycles. The first kappa shape index (κ1) is 17.0. The molecule has 0 unspecified atom stereocenters. The lowest BCUT2D eigenvalue weighted by molar-refractivity contribution is -0.137. The number of thiophene rings is 1. The summed E-state index contributed by atoms with van der Waals surface area (Å²) in [6.45, 7) is 0.771. The van der Waals surface area contributed by atoms with Crippen molar-refractivity contribution < 1.29 is 18.3 Å². The van der Waals surface area contributed by atoms with Crippen molar-refractivity contribution in [3.05, 3.63) is 14.7 Å². The van der Waals surface area contributed by atoms with Crippen molar-refractivity contribution in [2.75, 3.05) is 13.1 Å². The monoisotopic (exact) mass is 371 g/mol. The van der Waals surface area contributed by atoms with E-state index < -0.39 is 16.0 Å². The molecule has 0 aliphatic carbocycles. The largest absolute Gasteiger partial charge is 0.481 e. The summed E-state index contributed by atoms with van der Waals surface area (Å²) >= 11 is 12.8. The summed E-state index contributed by atoms with van der Waals surface area (Å²) in [5.74, 6) is -0.557. The molecule has 118 valence electrons. The summed E-state index contributed by atoms with van der Waals surface area (Å²) in [4.78, 5) is 10.6. The molecule has 1 aromatic rings. The van der Waals surface area contributed by atoms with Gasteiger partial charge in [0.2, 0.25) is 10.0 Å². The van der Waals surface area contributed by atoms with E-state index in [1.54, 1.807) is 0 Å². The first-order valence-electron chi connectivity index (χ1n) is 6.47. The molecular formula is C12H15Cl2NO4S2. The van der Waals surface area contributed by atoms with E-state index in [0.29, 0.717) is 36.7 Å². The molecular weight excluding hydrogens is 357 g/mol. The zero-order chi connectivity index (χ0) is 15.6. The number of carboxylic acids is 1. The quantitative estimate of drug-likeness (QED) is 0.861. The van der Waals surface area contributed by atoms with Crippen molar-refractivity contribution in [2.24, 2.45) is 5.92 Å². The van der Waals surface area contributed by atoms with Crippen LogP contribution in [0.25, 0.3) is 0 Å². The average molecular weight is 372 g/mol. The SMILES string of the molecule is O=C(O)CCC1CCN(S(=O)(=O)c2cc(Cl)sc2Cl)CC1. The van der Waals surface area contributed by atoms with Gasteiger partial charge in [0, 0.05) is 19.5 Å². The number of halogens is 2. The molecule has 0 amide bonds. The second-order valence-corrected chi connectivity index (χ2v) is 9.16. The van der Waals surface area contributed by atoms with Gasteiger partial charge in [-0.3, -0.25) is 4.79 Å². The molecule has 5 nitrogen and oxygen atoms in total. The smallest absolute Gasteiger partial charge is 0.303 e. The number of piperidine rings is 1. The summed E-state index contributed by atoms with van der Waals surface area (Å²) in [5, 5.41) is 8.67. The van der Waals surface area contributed by atoms with Crippen molar-refractivity contribution in [3.8, 4) is 0 Å². The maximum Gasteiger partial charge on any atom is 0.303 e. The molecule has 9 heteroatoms. The molecule has 1 aliphatic heterocycles. The van der Waals surface area contributed by atoms with Gasteiger partial charge >= 0.3 is 5.97 Å². The van der Waals surface area contributed by atoms with Crippen LogP contribution in [0.3, 0.4) is 0 Å². The summed E-state index contributed by atoms with van der Waals surface area (Å²) < 4.78 is 26.9. The van der Waals surface area contributed by atoms with Crippen LogP contribution in [0.1, 0.15) is 25.7 Å². The number of hydrogen-bond acceptors (Lipinski definition) is 4. The summed E-state index contributed by atoms with van der Waals surface area (Å²) in [6.07, 6.45) is 2.06. The Morgan fingerprint density at radius 1 is 1.38 bits per heavy atom. The Balaban J connectivity index is 2.01. The number of hydrogen-bond donors (Lipinski definition) is 1. The maximum atomic E-state index is 12.5. The van der Waals surface area contributed by atoms with Gasteiger partial charge in [-0.25, -0.2) is 8.42 Å². The van der Waals surface area contributed by atoms with E-state index in [1.165, 1.54) is 10.4 Å². The number of aliphatic carboxylic acids is 1. The standard InChI is InChI=1S/C12H15Cl2NO4S2/c13-10-7-9(12(14)20-10)21(18,19)15-5-3-8(4-6-15)1-2-11(16)17/h7-8H,1-6H2,(H,16,17). The van der Waals surface area contributed by atoms with Gasteiger partial charge in [-0.05, 0) is 31.2 Å². The number of carbonyl (C=O) groups is 1. The number of nitrogens with zero attached hydrogens (tertiary/aromatic N) is 1. The van der Waals surface area contributed by atoms with Crippen molar-refractivity contribution in [3.63, 3.8) is 0 Å². The van der Waals surface area contributed by atoms with Crippen LogP contribution in [0.2, 0.25) is 8.67 Å². The molecule has 1 N–H and O–H groups in total. The van der Waals surface area contributed by atoms with Crippen LogP contribution in [-0.2, 0) is 14.8 Å². The Hall–Kier alpha value is -0.340. The van der Waals surface area contributed by atoms with Crippen LogP contribution in [0, 0.1) is 5.92 Å². The lowest BCUT2D eigenvalue weighted by Gasteiger charge is -2.30. The summed E-state index contributed by atoms with van der Waals surface area (Å²) in [6, 6.07) is 1.38. The third-order valence-electron chi connectivity index (χ3n) is 3.58. The summed E-state index contributed by atoms with van der Waals surface area (Å²) in [7, 11) is -3.62. The fraction of sp³-hybridized carbons (Fsp3) is 0.583. The fourth-order valence-corrected chi connectivity index (χ4v) is 5.99. The number of carboxylic acid groups (broad SMARTS) is 1. The molecule has 21 heavy (non-hydrogen) atoms. The van der Waals surface area contributed by atoms with E-state index in [0.717, 1.165) is 11.3 Å². The van der Waals surface area contributed by atoms with Gasteiger partial charge in [0.15, 0.2) is 0 Å². The highest BCUT2D eigenvalue weighted by Crippen LogP contribution is 2.37. The van der Waals surface area contributed by atoms with E-state index >= 15 is 0 Å². The first-order chi connectivity index (χ1) is 9.80. The van der Waals surface area contributed by atoms with Gasteiger partial charge in [-0.15, -0.1) is 11.3 Å². The molecule has 1 aliphatic rings. The first-order valence-corrected chi connectivity index (χ1v) is 9.48. The highest BCUT2D eigenvalue weighted by Gasteiger charge is 2.32. The molecule has 0 radical (unpaired) electrons. The zero-order valence-corrected chi connectivity index (χ0v) is 14.2. The van der Waals surface area contributed by atoms with Crippen LogP contribution < -0.4 is 0 Å². The number of rotatable bonds is 5.